The number of fused-ring (bicyclic) bond motifs is 1. The monoisotopic (exact) mass is 460 g/mol. The van der Waals surface area contributed by atoms with E-state index in [1.807, 2.05) is 6.92 Å². The lowest BCUT2D eigenvalue weighted by Crippen LogP contribution is -2.41. The van der Waals surface area contributed by atoms with E-state index in [9.17, 15) is 23.3 Å². The minimum atomic E-state index is -3.58. The predicted octanol–water partition coefficient (Wildman–Crippen LogP) is 3.55. The average Bonchev–Trinajstić information content (AvgIpc) is 3.15. The van der Waals surface area contributed by atoms with Gasteiger partial charge in [-0.25, -0.2) is 13.4 Å². The number of aryl methyl sites for hydroxylation is 1. The largest absolute Gasteiger partial charge is 0.302 e. The average molecular weight is 461 g/mol. The van der Waals surface area contributed by atoms with Crippen LogP contribution in [0.15, 0.2) is 47.4 Å². The van der Waals surface area contributed by atoms with Crippen molar-refractivity contribution in [3.63, 3.8) is 0 Å². The van der Waals surface area contributed by atoms with Gasteiger partial charge in [0.15, 0.2) is 5.13 Å². The smallest absolute Gasteiger partial charge is 0.271 e. The summed E-state index contributed by atoms with van der Waals surface area (Å²) in [6.45, 7) is 2.42. The molecule has 4 rings (SSSR count). The number of non-ortho nitro benzene ring substituents is 1. The number of aromatic nitrogens is 1. The van der Waals surface area contributed by atoms with Gasteiger partial charge in [0.05, 0.1) is 20.0 Å². The third-order valence-corrected chi connectivity index (χ3v) is 8.16. The lowest BCUT2D eigenvalue weighted by Gasteiger charge is -2.30. The summed E-state index contributed by atoms with van der Waals surface area (Å²) in [5.41, 5.74) is 1.38. The number of thiazole rings is 1. The summed E-state index contributed by atoms with van der Waals surface area (Å²) >= 11 is 1.24. The summed E-state index contributed by atoms with van der Waals surface area (Å²) in [4.78, 5) is 27.6. The number of piperidine rings is 1. The molecule has 2 heterocycles. The number of nitrogens with zero attached hydrogens (tertiary/aromatic N) is 3. The Hall–Kier alpha value is -2.89. The molecule has 1 aromatic heterocycles. The van der Waals surface area contributed by atoms with Crippen molar-refractivity contribution in [3.05, 3.63) is 58.1 Å². The second-order valence-corrected chi connectivity index (χ2v) is 10.4. The minimum Gasteiger partial charge on any atom is -0.302 e. The van der Waals surface area contributed by atoms with Crippen LogP contribution in [0.2, 0.25) is 0 Å². The van der Waals surface area contributed by atoms with Crippen molar-refractivity contribution in [3.8, 4) is 0 Å². The Morgan fingerprint density at radius 2 is 1.87 bits per heavy atom. The minimum absolute atomic E-state index is 0.0576. The van der Waals surface area contributed by atoms with E-state index in [1.54, 1.807) is 30.3 Å². The molecule has 9 nitrogen and oxygen atoms in total. The predicted molar refractivity (Wildman–Crippen MR) is 118 cm³/mol. The number of rotatable bonds is 5. The third-order valence-electron chi connectivity index (χ3n) is 5.30. The highest BCUT2D eigenvalue weighted by Gasteiger charge is 2.32. The molecule has 1 N–H and O–H groups in total. The van der Waals surface area contributed by atoms with Crippen molar-refractivity contribution in [1.29, 1.82) is 0 Å². The molecule has 0 unspecified atom stereocenters. The van der Waals surface area contributed by atoms with Crippen LogP contribution in [0.4, 0.5) is 10.8 Å². The SMILES string of the molecule is Cc1ccc(S(=O)(=O)N2CCC(C(=O)Nc3nc4cc([N+](=O)[O-])ccc4s3)CC2)cc1. The van der Waals surface area contributed by atoms with Gasteiger partial charge in [0.1, 0.15) is 0 Å². The number of hydrogen-bond donors (Lipinski definition) is 1. The second kappa shape index (κ2) is 8.33. The van der Waals surface area contributed by atoms with Crippen LogP contribution >= 0.6 is 11.3 Å². The van der Waals surface area contributed by atoms with Gasteiger partial charge in [0.25, 0.3) is 5.69 Å². The first-order valence-electron chi connectivity index (χ1n) is 9.67. The van der Waals surface area contributed by atoms with Crippen LogP contribution in [0.5, 0.6) is 0 Å². The highest BCUT2D eigenvalue weighted by molar-refractivity contribution is 7.89. The Bertz CT molecular complexity index is 1250. The molecule has 3 aromatic rings. The van der Waals surface area contributed by atoms with E-state index in [1.165, 1.54) is 27.8 Å². The molecule has 0 atom stereocenters. The molecule has 0 aliphatic carbocycles. The molecule has 162 valence electrons. The van der Waals surface area contributed by atoms with Crippen LogP contribution in [0.25, 0.3) is 10.2 Å². The summed E-state index contributed by atoms with van der Waals surface area (Å²) in [6, 6.07) is 11.1. The van der Waals surface area contributed by atoms with Crippen LogP contribution in [0.1, 0.15) is 18.4 Å². The number of amides is 1. The molecule has 1 fully saturated rings. The van der Waals surface area contributed by atoms with Crippen molar-refractivity contribution < 1.29 is 18.1 Å². The van der Waals surface area contributed by atoms with Gasteiger partial charge in [-0.1, -0.05) is 29.0 Å². The first-order chi connectivity index (χ1) is 14.7. The zero-order valence-electron chi connectivity index (χ0n) is 16.6. The molecule has 0 saturated carbocycles. The van der Waals surface area contributed by atoms with Gasteiger partial charge in [0, 0.05) is 31.1 Å². The van der Waals surface area contributed by atoms with Crippen molar-refractivity contribution in [1.82, 2.24) is 9.29 Å². The van der Waals surface area contributed by atoms with E-state index >= 15 is 0 Å². The highest BCUT2D eigenvalue weighted by atomic mass is 32.2. The number of carbonyl (C=O) groups excluding carboxylic acids is 1. The fourth-order valence-electron chi connectivity index (χ4n) is 3.51. The Balaban J connectivity index is 1.40. The fraction of sp³-hybridized carbons (Fsp3) is 0.300. The van der Waals surface area contributed by atoms with E-state index in [0.29, 0.717) is 23.5 Å². The van der Waals surface area contributed by atoms with E-state index in [2.05, 4.69) is 10.3 Å². The molecule has 1 aliphatic rings. The van der Waals surface area contributed by atoms with Crippen molar-refractivity contribution in [2.75, 3.05) is 18.4 Å². The Kier molecular flexibility index (Phi) is 5.73. The molecule has 1 amide bonds. The van der Waals surface area contributed by atoms with Crippen molar-refractivity contribution in [2.45, 2.75) is 24.7 Å². The zero-order valence-corrected chi connectivity index (χ0v) is 18.3. The molecular formula is C20H20N4O5S2. The van der Waals surface area contributed by atoms with E-state index in [4.69, 9.17) is 0 Å². The molecule has 0 bridgehead atoms. The number of nitrogens with one attached hydrogen (secondary N) is 1. The van der Waals surface area contributed by atoms with E-state index < -0.39 is 14.9 Å². The van der Waals surface area contributed by atoms with E-state index in [0.717, 1.165) is 10.3 Å². The van der Waals surface area contributed by atoms with Crippen LogP contribution < -0.4 is 5.32 Å². The molecule has 1 saturated heterocycles. The number of anilines is 1. The van der Waals surface area contributed by atoms with Crippen LogP contribution in [0.3, 0.4) is 0 Å². The lowest BCUT2D eigenvalue weighted by atomic mass is 9.97. The van der Waals surface area contributed by atoms with Crippen LogP contribution in [-0.2, 0) is 14.8 Å². The third kappa shape index (κ3) is 4.43. The molecule has 11 heteroatoms. The number of carbonyl (C=O) groups is 1. The summed E-state index contributed by atoms with van der Waals surface area (Å²) in [5, 5.41) is 14.0. The zero-order chi connectivity index (χ0) is 22.2. The van der Waals surface area contributed by atoms with Gasteiger partial charge in [-0.15, -0.1) is 0 Å². The summed E-state index contributed by atoms with van der Waals surface area (Å²) in [7, 11) is -3.58. The number of benzene rings is 2. The molecular weight excluding hydrogens is 440 g/mol. The van der Waals surface area contributed by atoms with Crippen molar-refractivity contribution in [2.24, 2.45) is 5.92 Å². The number of nitro benzene ring substituents is 1. The first-order valence-corrected chi connectivity index (χ1v) is 11.9. The second-order valence-electron chi connectivity index (χ2n) is 7.41. The van der Waals surface area contributed by atoms with Gasteiger partial charge in [0.2, 0.25) is 15.9 Å². The summed E-state index contributed by atoms with van der Waals surface area (Å²) in [6.07, 6.45) is 0.820. The van der Waals surface area contributed by atoms with Gasteiger partial charge in [-0.2, -0.15) is 4.31 Å². The summed E-state index contributed by atoms with van der Waals surface area (Å²) < 4.78 is 27.8. The maximum Gasteiger partial charge on any atom is 0.271 e. The number of hydrogen-bond acceptors (Lipinski definition) is 7. The van der Waals surface area contributed by atoms with E-state index in [-0.39, 0.29) is 35.5 Å². The van der Waals surface area contributed by atoms with Gasteiger partial charge in [-0.3, -0.25) is 14.9 Å². The Morgan fingerprint density at radius 3 is 2.52 bits per heavy atom. The molecule has 2 aromatic carbocycles. The van der Waals surface area contributed by atoms with Crippen molar-refractivity contribution >= 4 is 48.3 Å². The van der Waals surface area contributed by atoms with Gasteiger partial charge >= 0.3 is 0 Å². The molecule has 0 spiro atoms. The molecule has 31 heavy (non-hydrogen) atoms. The first kappa shape index (κ1) is 21.3. The number of nitro groups is 1. The topological polar surface area (TPSA) is 123 Å². The normalized spacial score (nSPS) is 15.8. The standard InChI is InChI=1S/C20H20N4O5S2/c1-13-2-5-16(6-3-13)31(28,29)23-10-8-14(9-11-23)19(25)22-20-21-17-12-15(24(26)27)4-7-18(17)30-20/h2-7,12,14H,8-11H2,1H3,(H,21,22,25). The Labute approximate surface area is 182 Å². The quantitative estimate of drug-likeness (QED) is 0.459. The molecule has 0 radical (unpaired) electrons. The number of sulfonamides is 1. The lowest BCUT2D eigenvalue weighted by molar-refractivity contribution is -0.384. The maximum absolute atomic E-state index is 12.8. The summed E-state index contributed by atoms with van der Waals surface area (Å²) in [5.74, 6) is -0.549. The van der Waals surface area contributed by atoms with Gasteiger partial charge in [-0.05, 0) is 38.0 Å². The highest BCUT2D eigenvalue weighted by Crippen LogP contribution is 2.30. The van der Waals surface area contributed by atoms with Gasteiger partial charge < -0.3 is 5.32 Å². The van der Waals surface area contributed by atoms with Crippen LogP contribution in [-0.4, -0.2) is 41.6 Å². The van der Waals surface area contributed by atoms with Crippen LogP contribution in [0, 0.1) is 23.0 Å². The molecule has 1 aliphatic heterocycles. The maximum atomic E-state index is 12.8. The fourth-order valence-corrected chi connectivity index (χ4v) is 5.83. The Morgan fingerprint density at radius 1 is 1.19 bits per heavy atom.